The topological polar surface area (TPSA) is 84.7 Å². The van der Waals surface area contributed by atoms with Gasteiger partial charge in [0.25, 0.3) is 5.91 Å². The molecule has 3 heterocycles. The van der Waals surface area contributed by atoms with E-state index in [1.54, 1.807) is 60.1 Å². The molecule has 0 saturated carbocycles. The molecule has 8 heteroatoms. The Morgan fingerprint density at radius 2 is 2.11 bits per heavy atom. The van der Waals surface area contributed by atoms with Crippen molar-refractivity contribution in [2.24, 2.45) is 0 Å². The van der Waals surface area contributed by atoms with Crippen LogP contribution < -0.4 is 10.1 Å². The van der Waals surface area contributed by atoms with Gasteiger partial charge in [-0.1, -0.05) is 0 Å². The number of rotatable bonds is 5. The highest BCUT2D eigenvalue weighted by Gasteiger charge is 2.35. The average molecular weight is 397 g/mol. The molecule has 0 radical (unpaired) electrons. The standard InChI is InChI=1S/C20H19N3O4S/c1-26-14-8-6-13(7-9-14)21-18(24)16-4-2-10-23(16)20(25)15-12-28-19(22-15)17-5-3-11-27-17/h3,5-9,11-12,16H,2,4,10H2,1H3,(H,21,24). The lowest BCUT2D eigenvalue weighted by Gasteiger charge is -2.23. The maximum absolute atomic E-state index is 12.9. The summed E-state index contributed by atoms with van der Waals surface area (Å²) in [6.07, 6.45) is 2.97. The number of benzene rings is 1. The summed E-state index contributed by atoms with van der Waals surface area (Å²) in [5.41, 5.74) is 0.999. The van der Waals surface area contributed by atoms with Crippen LogP contribution >= 0.6 is 11.3 Å². The molecule has 144 valence electrons. The van der Waals surface area contributed by atoms with Crippen molar-refractivity contribution in [2.45, 2.75) is 18.9 Å². The summed E-state index contributed by atoms with van der Waals surface area (Å²) < 4.78 is 10.5. The monoisotopic (exact) mass is 397 g/mol. The first kappa shape index (κ1) is 18.2. The molecule has 3 aromatic rings. The summed E-state index contributed by atoms with van der Waals surface area (Å²) >= 11 is 1.35. The molecule has 1 aliphatic rings. The lowest BCUT2D eigenvalue weighted by atomic mass is 10.2. The molecule has 4 rings (SSSR count). The molecule has 7 nitrogen and oxygen atoms in total. The first-order valence-electron chi connectivity index (χ1n) is 8.91. The second kappa shape index (κ2) is 7.85. The average Bonchev–Trinajstić information content (AvgIpc) is 3.49. The highest BCUT2D eigenvalue weighted by atomic mass is 32.1. The smallest absolute Gasteiger partial charge is 0.274 e. The van der Waals surface area contributed by atoms with E-state index in [0.29, 0.717) is 40.9 Å². The number of furan rings is 1. The molecule has 1 unspecified atom stereocenters. The van der Waals surface area contributed by atoms with E-state index in [2.05, 4.69) is 10.3 Å². The van der Waals surface area contributed by atoms with Crippen LogP contribution in [0.25, 0.3) is 10.8 Å². The molecule has 2 amide bonds. The number of hydrogen-bond donors (Lipinski definition) is 1. The number of likely N-dealkylation sites (tertiary alicyclic amines) is 1. The minimum Gasteiger partial charge on any atom is -0.497 e. The van der Waals surface area contributed by atoms with Crippen molar-refractivity contribution in [3.8, 4) is 16.5 Å². The highest BCUT2D eigenvalue weighted by Crippen LogP contribution is 2.27. The molecule has 28 heavy (non-hydrogen) atoms. The third kappa shape index (κ3) is 3.63. The molecule has 1 aromatic carbocycles. The zero-order valence-corrected chi connectivity index (χ0v) is 16.1. The van der Waals surface area contributed by atoms with E-state index < -0.39 is 6.04 Å². The van der Waals surface area contributed by atoms with Crippen molar-refractivity contribution in [3.63, 3.8) is 0 Å². The number of ether oxygens (including phenoxy) is 1. The summed E-state index contributed by atoms with van der Waals surface area (Å²) in [6.45, 7) is 0.535. The van der Waals surface area contributed by atoms with Gasteiger partial charge in [-0.3, -0.25) is 9.59 Å². The predicted octanol–water partition coefficient (Wildman–Crippen LogP) is 3.66. The molecular formula is C20H19N3O4S. The van der Waals surface area contributed by atoms with E-state index in [0.717, 1.165) is 6.42 Å². The molecule has 1 N–H and O–H groups in total. The number of nitrogens with zero attached hydrogens (tertiary/aromatic N) is 2. The quantitative estimate of drug-likeness (QED) is 0.710. The molecule has 1 fully saturated rings. The van der Waals surface area contributed by atoms with Crippen molar-refractivity contribution < 1.29 is 18.7 Å². The summed E-state index contributed by atoms with van der Waals surface area (Å²) in [5.74, 6) is 0.907. The Labute approximate surface area is 165 Å². The van der Waals surface area contributed by atoms with Gasteiger partial charge in [-0.15, -0.1) is 11.3 Å². The van der Waals surface area contributed by atoms with Crippen LogP contribution in [0, 0.1) is 0 Å². The van der Waals surface area contributed by atoms with Crippen LogP contribution in [0.1, 0.15) is 23.3 Å². The number of carbonyl (C=O) groups excluding carboxylic acids is 2. The SMILES string of the molecule is COc1ccc(NC(=O)C2CCCN2C(=O)c2csc(-c3ccco3)n2)cc1. The van der Waals surface area contributed by atoms with Crippen LogP contribution in [-0.2, 0) is 4.79 Å². The second-order valence-corrected chi connectivity index (χ2v) is 7.25. The van der Waals surface area contributed by atoms with Crippen molar-refractivity contribution >= 4 is 28.8 Å². The largest absolute Gasteiger partial charge is 0.497 e. The van der Waals surface area contributed by atoms with Crippen LogP contribution in [0.4, 0.5) is 5.69 Å². The zero-order valence-electron chi connectivity index (χ0n) is 15.3. The lowest BCUT2D eigenvalue weighted by Crippen LogP contribution is -2.43. The van der Waals surface area contributed by atoms with Gasteiger partial charge < -0.3 is 19.4 Å². The van der Waals surface area contributed by atoms with Gasteiger partial charge in [-0.2, -0.15) is 0 Å². The van der Waals surface area contributed by atoms with Crippen LogP contribution in [0.3, 0.4) is 0 Å². The molecule has 1 saturated heterocycles. The van der Waals surface area contributed by atoms with Crippen LogP contribution in [0.2, 0.25) is 0 Å². The minimum atomic E-state index is -0.511. The van der Waals surface area contributed by atoms with E-state index in [4.69, 9.17) is 9.15 Å². The highest BCUT2D eigenvalue weighted by molar-refractivity contribution is 7.13. The number of amides is 2. The van der Waals surface area contributed by atoms with Crippen molar-refractivity contribution in [1.29, 1.82) is 0 Å². The Kier molecular flexibility index (Phi) is 5.12. The maximum atomic E-state index is 12.9. The number of carbonyl (C=O) groups is 2. The van der Waals surface area contributed by atoms with Gasteiger partial charge in [0.05, 0.1) is 13.4 Å². The third-order valence-corrected chi connectivity index (χ3v) is 5.49. The van der Waals surface area contributed by atoms with Gasteiger partial charge in [-0.25, -0.2) is 4.98 Å². The van der Waals surface area contributed by atoms with Gasteiger partial charge in [0.2, 0.25) is 5.91 Å². The second-order valence-electron chi connectivity index (χ2n) is 6.39. The molecule has 1 atom stereocenters. The number of nitrogens with one attached hydrogen (secondary N) is 1. The summed E-state index contributed by atoms with van der Waals surface area (Å²) in [6, 6.07) is 10.2. The van der Waals surface area contributed by atoms with Gasteiger partial charge in [0, 0.05) is 17.6 Å². The van der Waals surface area contributed by atoms with Gasteiger partial charge >= 0.3 is 0 Å². The van der Waals surface area contributed by atoms with Crippen molar-refractivity contribution in [2.75, 3.05) is 19.0 Å². The summed E-state index contributed by atoms with van der Waals surface area (Å²) in [5, 5.41) is 5.23. The van der Waals surface area contributed by atoms with Gasteiger partial charge in [0.15, 0.2) is 10.8 Å². The predicted molar refractivity (Wildman–Crippen MR) is 105 cm³/mol. The van der Waals surface area contributed by atoms with E-state index in [-0.39, 0.29) is 11.8 Å². The Bertz CT molecular complexity index is 966. The normalized spacial score (nSPS) is 16.2. The van der Waals surface area contributed by atoms with Crippen LogP contribution in [0.15, 0.2) is 52.5 Å². The van der Waals surface area contributed by atoms with E-state index >= 15 is 0 Å². The summed E-state index contributed by atoms with van der Waals surface area (Å²) in [4.78, 5) is 31.6. The van der Waals surface area contributed by atoms with Gasteiger partial charge in [0.1, 0.15) is 17.5 Å². The Morgan fingerprint density at radius 3 is 2.82 bits per heavy atom. The number of methoxy groups -OCH3 is 1. The lowest BCUT2D eigenvalue weighted by molar-refractivity contribution is -0.119. The van der Waals surface area contributed by atoms with Crippen molar-refractivity contribution in [3.05, 3.63) is 53.7 Å². The fourth-order valence-corrected chi connectivity index (χ4v) is 3.97. The zero-order chi connectivity index (χ0) is 19.5. The number of aromatic nitrogens is 1. The molecular weight excluding hydrogens is 378 g/mol. The minimum absolute atomic E-state index is 0.197. The van der Waals surface area contributed by atoms with E-state index in [9.17, 15) is 9.59 Å². The van der Waals surface area contributed by atoms with E-state index in [1.165, 1.54) is 11.3 Å². The number of anilines is 1. The summed E-state index contributed by atoms with van der Waals surface area (Å²) in [7, 11) is 1.59. The Balaban J connectivity index is 1.46. The molecule has 2 aromatic heterocycles. The first-order chi connectivity index (χ1) is 13.7. The first-order valence-corrected chi connectivity index (χ1v) is 9.79. The van der Waals surface area contributed by atoms with Gasteiger partial charge in [-0.05, 0) is 49.2 Å². The third-order valence-electron chi connectivity index (χ3n) is 4.63. The Morgan fingerprint density at radius 1 is 1.29 bits per heavy atom. The van der Waals surface area contributed by atoms with Crippen molar-refractivity contribution in [1.82, 2.24) is 9.88 Å². The molecule has 1 aliphatic heterocycles. The molecule has 0 bridgehead atoms. The van der Waals surface area contributed by atoms with Crippen LogP contribution in [-0.4, -0.2) is 41.4 Å². The maximum Gasteiger partial charge on any atom is 0.274 e. The molecule has 0 spiro atoms. The Hall–Kier alpha value is -3.13. The fourth-order valence-electron chi connectivity index (χ4n) is 3.21. The van der Waals surface area contributed by atoms with Crippen LogP contribution in [0.5, 0.6) is 5.75 Å². The fraction of sp³-hybridized carbons (Fsp3) is 0.250. The molecule has 0 aliphatic carbocycles. The number of thiazole rings is 1. The number of hydrogen-bond acceptors (Lipinski definition) is 6. The van der Waals surface area contributed by atoms with E-state index in [1.807, 2.05) is 0 Å².